The molecule has 2 aromatic rings. The number of aromatic nitrogens is 3. The Balaban J connectivity index is 2.74. The van der Waals surface area contributed by atoms with Gasteiger partial charge >= 0.3 is 0 Å². The van der Waals surface area contributed by atoms with Crippen molar-refractivity contribution in [3.05, 3.63) is 17.7 Å². The molecule has 0 aliphatic carbocycles. The van der Waals surface area contributed by atoms with Gasteiger partial charge in [0.1, 0.15) is 11.0 Å². The Kier molecular flexibility index (Phi) is 1.96. The monoisotopic (exact) mass is 205 g/mol. The van der Waals surface area contributed by atoms with Crippen LogP contribution in [0.25, 0.3) is 11.0 Å². The van der Waals surface area contributed by atoms with E-state index in [2.05, 4.69) is 54.1 Å². The van der Waals surface area contributed by atoms with Gasteiger partial charge < -0.3 is 0 Å². The fraction of sp³-hybridized carbons (Fsp3) is 0.400. The molecule has 0 aliphatic rings. The summed E-state index contributed by atoms with van der Waals surface area (Å²) >= 11 is 0. The number of nitrogens with zero attached hydrogens (tertiary/aromatic N) is 2. The molecule has 0 saturated heterocycles. The Hall–Kier alpha value is -1.16. The minimum atomic E-state index is -1.25. The molecule has 1 N–H and O–H groups in total. The van der Waals surface area contributed by atoms with E-state index in [0.29, 0.717) is 0 Å². The highest BCUT2D eigenvalue weighted by atomic mass is 28.3. The average molecular weight is 205 g/mol. The Morgan fingerprint density at radius 2 is 1.86 bits per heavy atom. The lowest BCUT2D eigenvalue weighted by Gasteiger charge is -2.19. The first-order chi connectivity index (χ1) is 6.50. The van der Waals surface area contributed by atoms with Crippen molar-refractivity contribution in [3.8, 4) is 0 Å². The third kappa shape index (κ3) is 1.35. The van der Waals surface area contributed by atoms with Gasteiger partial charge in [0.2, 0.25) is 0 Å². The van der Waals surface area contributed by atoms with Gasteiger partial charge in [-0.1, -0.05) is 30.9 Å². The van der Waals surface area contributed by atoms with Crippen LogP contribution in [0, 0.1) is 6.92 Å². The molecule has 1 aromatic carbocycles. The largest absolute Gasteiger partial charge is 0.197 e. The van der Waals surface area contributed by atoms with E-state index >= 15 is 0 Å². The van der Waals surface area contributed by atoms with E-state index in [-0.39, 0.29) is 0 Å². The van der Waals surface area contributed by atoms with Crippen molar-refractivity contribution < 1.29 is 0 Å². The van der Waals surface area contributed by atoms with Crippen LogP contribution < -0.4 is 5.19 Å². The molecule has 1 heterocycles. The Morgan fingerprint density at radius 3 is 2.50 bits per heavy atom. The summed E-state index contributed by atoms with van der Waals surface area (Å²) in [6.45, 7) is 9.18. The summed E-state index contributed by atoms with van der Waals surface area (Å²) in [5.74, 6) is 0. The predicted molar refractivity (Wildman–Crippen MR) is 61.6 cm³/mol. The van der Waals surface area contributed by atoms with Crippen molar-refractivity contribution in [1.82, 2.24) is 15.4 Å². The predicted octanol–water partition coefficient (Wildman–Crippen LogP) is 1.81. The molecule has 3 nitrogen and oxygen atoms in total. The summed E-state index contributed by atoms with van der Waals surface area (Å²) < 4.78 is 0. The summed E-state index contributed by atoms with van der Waals surface area (Å²) in [6.07, 6.45) is 0. The van der Waals surface area contributed by atoms with Gasteiger partial charge in [0.15, 0.2) is 0 Å². The molecule has 0 radical (unpaired) electrons. The quantitative estimate of drug-likeness (QED) is 0.721. The molecular weight excluding hydrogens is 190 g/mol. The molecule has 0 saturated carbocycles. The molecule has 2 rings (SSSR count). The number of aryl methyl sites for hydroxylation is 1. The molecule has 14 heavy (non-hydrogen) atoms. The van der Waals surface area contributed by atoms with Gasteiger partial charge in [-0.3, -0.25) is 0 Å². The Labute approximate surface area is 84.5 Å². The highest BCUT2D eigenvalue weighted by Crippen LogP contribution is 2.14. The van der Waals surface area contributed by atoms with Crippen LogP contribution in [0.4, 0.5) is 0 Å². The second kappa shape index (κ2) is 2.92. The fourth-order valence-corrected chi connectivity index (χ4v) is 3.69. The van der Waals surface area contributed by atoms with E-state index in [0.717, 1.165) is 11.0 Å². The van der Waals surface area contributed by atoms with Crippen LogP contribution in [0.1, 0.15) is 5.56 Å². The third-order valence-electron chi connectivity index (χ3n) is 2.55. The molecule has 0 fully saturated rings. The maximum absolute atomic E-state index is 4.18. The van der Waals surface area contributed by atoms with Crippen LogP contribution in [0.5, 0.6) is 0 Å². The zero-order valence-electron chi connectivity index (χ0n) is 9.05. The van der Waals surface area contributed by atoms with E-state index in [1.165, 1.54) is 10.8 Å². The van der Waals surface area contributed by atoms with Gasteiger partial charge in [-0.05, 0) is 18.6 Å². The van der Waals surface area contributed by atoms with E-state index in [9.17, 15) is 0 Å². The topological polar surface area (TPSA) is 41.6 Å². The standard InChI is InChI=1S/C10H15N3Si/c1-7-9(14(2,3)4)6-5-8-10(7)12-13-11-8/h5-6H,1-4H3,(H,11,12,13). The van der Waals surface area contributed by atoms with Gasteiger partial charge in [0.25, 0.3) is 0 Å². The van der Waals surface area contributed by atoms with Crippen LogP contribution >= 0.6 is 0 Å². The number of rotatable bonds is 1. The summed E-state index contributed by atoms with van der Waals surface area (Å²) in [7, 11) is -1.25. The van der Waals surface area contributed by atoms with Gasteiger partial charge in [-0.15, -0.1) is 0 Å². The van der Waals surface area contributed by atoms with E-state index in [1.54, 1.807) is 0 Å². The lowest BCUT2D eigenvalue weighted by atomic mass is 10.2. The van der Waals surface area contributed by atoms with Crippen LogP contribution in [0.3, 0.4) is 0 Å². The lowest BCUT2D eigenvalue weighted by Crippen LogP contribution is -2.39. The second-order valence-corrected chi connectivity index (χ2v) is 9.72. The molecule has 1 aromatic heterocycles. The van der Waals surface area contributed by atoms with Crippen LogP contribution in [0.2, 0.25) is 19.6 Å². The summed E-state index contributed by atoms with van der Waals surface area (Å²) in [5.41, 5.74) is 3.27. The van der Waals surface area contributed by atoms with Gasteiger partial charge in [0.05, 0.1) is 8.07 Å². The maximum Gasteiger partial charge on any atom is 0.115 e. The number of fused-ring (bicyclic) bond motifs is 1. The first kappa shape index (κ1) is 9.39. The Morgan fingerprint density at radius 1 is 1.14 bits per heavy atom. The first-order valence-corrected chi connectivity index (χ1v) is 8.31. The van der Waals surface area contributed by atoms with Crippen molar-refractivity contribution >= 4 is 24.3 Å². The smallest absolute Gasteiger partial charge is 0.115 e. The van der Waals surface area contributed by atoms with E-state index in [4.69, 9.17) is 0 Å². The molecule has 74 valence electrons. The zero-order valence-corrected chi connectivity index (χ0v) is 10.0. The summed E-state index contributed by atoms with van der Waals surface area (Å²) in [4.78, 5) is 0. The van der Waals surface area contributed by atoms with Crippen molar-refractivity contribution in [3.63, 3.8) is 0 Å². The van der Waals surface area contributed by atoms with Crippen molar-refractivity contribution in [2.24, 2.45) is 0 Å². The minimum absolute atomic E-state index is 0.963. The van der Waals surface area contributed by atoms with E-state index < -0.39 is 8.07 Å². The molecule has 0 atom stereocenters. The molecule has 0 bridgehead atoms. The van der Waals surface area contributed by atoms with Crippen LogP contribution in [0.15, 0.2) is 12.1 Å². The van der Waals surface area contributed by atoms with E-state index in [1.807, 2.05) is 0 Å². The van der Waals surface area contributed by atoms with Crippen molar-refractivity contribution in [1.29, 1.82) is 0 Å². The number of hydrogen-bond donors (Lipinski definition) is 1. The number of nitrogens with one attached hydrogen (secondary N) is 1. The number of hydrogen-bond acceptors (Lipinski definition) is 2. The van der Waals surface area contributed by atoms with Gasteiger partial charge in [-0.2, -0.15) is 15.4 Å². The third-order valence-corrected chi connectivity index (χ3v) is 4.71. The van der Waals surface area contributed by atoms with Gasteiger partial charge in [0, 0.05) is 0 Å². The number of aromatic amines is 1. The lowest BCUT2D eigenvalue weighted by molar-refractivity contribution is 0.958. The Bertz CT molecular complexity index is 468. The molecule has 4 heteroatoms. The van der Waals surface area contributed by atoms with Crippen LogP contribution in [-0.4, -0.2) is 23.5 Å². The molecule has 0 unspecified atom stereocenters. The highest BCUT2D eigenvalue weighted by Gasteiger charge is 2.20. The SMILES string of the molecule is Cc1c([Si](C)(C)C)ccc2n[nH]nc12. The second-order valence-electron chi connectivity index (χ2n) is 4.68. The van der Waals surface area contributed by atoms with Crippen molar-refractivity contribution in [2.75, 3.05) is 0 Å². The van der Waals surface area contributed by atoms with Crippen LogP contribution in [-0.2, 0) is 0 Å². The zero-order chi connectivity index (χ0) is 10.3. The normalized spacial score (nSPS) is 12.3. The number of benzene rings is 1. The van der Waals surface area contributed by atoms with Crippen molar-refractivity contribution in [2.45, 2.75) is 26.6 Å². The number of H-pyrrole nitrogens is 1. The minimum Gasteiger partial charge on any atom is -0.197 e. The highest BCUT2D eigenvalue weighted by molar-refractivity contribution is 6.89. The average Bonchev–Trinajstić information content (AvgIpc) is 2.50. The summed E-state index contributed by atoms with van der Waals surface area (Å²) in [5, 5.41) is 12.4. The summed E-state index contributed by atoms with van der Waals surface area (Å²) in [6, 6.07) is 4.26. The molecular formula is C10H15N3Si. The molecule has 0 amide bonds. The first-order valence-electron chi connectivity index (χ1n) is 4.81. The van der Waals surface area contributed by atoms with Gasteiger partial charge in [-0.25, -0.2) is 0 Å². The fourth-order valence-electron chi connectivity index (χ4n) is 1.86. The molecule has 0 spiro atoms. The maximum atomic E-state index is 4.18. The molecule has 0 aliphatic heterocycles.